The van der Waals surface area contributed by atoms with Crippen LogP contribution in [-0.4, -0.2) is 44.3 Å². The van der Waals surface area contributed by atoms with Crippen LogP contribution in [0.5, 0.6) is 0 Å². The third-order valence-electron chi connectivity index (χ3n) is 6.54. The molecule has 35 heavy (non-hydrogen) atoms. The van der Waals surface area contributed by atoms with Crippen LogP contribution in [0.4, 0.5) is 13.2 Å². The molecule has 188 valence electrons. The molecule has 0 radical (unpaired) electrons. The summed E-state index contributed by atoms with van der Waals surface area (Å²) >= 11 is 0. The van der Waals surface area contributed by atoms with Gasteiger partial charge in [0.2, 0.25) is 21.8 Å². The predicted octanol–water partition coefficient (Wildman–Crippen LogP) is 3.24. The Hall–Kier alpha value is -2.92. The number of carbonyl (C=O) groups excluding carboxylic acids is 2. The number of piperazine rings is 1. The zero-order valence-corrected chi connectivity index (χ0v) is 19.6. The van der Waals surface area contributed by atoms with Gasteiger partial charge in [0.05, 0.1) is 16.5 Å². The van der Waals surface area contributed by atoms with E-state index >= 15 is 0 Å². The molecule has 0 aromatic heterocycles. The van der Waals surface area contributed by atoms with Crippen molar-refractivity contribution in [2.24, 2.45) is 5.92 Å². The van der Waals surface area contributed by atoms with Gasteiger partial charge in [0.15, 0.2) is 0 Å². The van der Waals surface area contributed by atoms with Gasteiger partial charge in [-0.05, 0) is 55.5 Å². The summed E-state index contributed by atoms with van der Waals surface area (Å²) in [5, 5.41) is 2.81. The van der Waals surface area contributed by atoms with E-state index in [0.717, 1.165) is 29.8 Å². The molecule has 2 aromatic carbocycles. The number of sulfonamides is 1. The van der Waals surface area contributed by atoms with Gasteiger partial charge in [-0.1, -0.05) is 30.3 Å². The van der Waals surface area contributed by atoms with Gasteiger partial charge in [-0.2, -0.15) is 13.2 Å². The summed E-state index contributed by atoms with van der Waals surface area (Å²) in [6.45, 7) is 0.301. The summed E-state index contributed by atoms with van der Waals surface area (Å²) in [6, 6.07) is 12.1. The van der Waals surface area contributed by atoms with Crippen LogP contribution in [0.1, 0.15) is 42.9 Å². The molecule has 11 heteroatoms. The molecule has 0 bridgehead atoms. The standard InChI is InChI=1S/C24H26F3N3O4S/c25-24(26,27)18-8-12-20(13-9-18)35(33,34)29-19-10-6-17(7-11-19)23(32)30-15-22(31)28-14-21(30)16-4-2-1-3-5-16/h1-5,8-9,12-13,17,19,21,29H,6-7,10-11,14-15H2,(H,28,31)/t17?,19?,21-/m1/s1. The molecular weight excluding hydrogens is 483 g/mol. The normalized spacial score (nSPS) is 23.6. The molecule has 7 nitrogen and oxygen atoms in total. The van der Waals surface area contributed by atoms with E-state index in [1.165, 1.54) is 0 Å². The SMILES string of the molecule is O=C1CN(C(=O)C2CCC(NS(=O)(=O)c3ccc(C(F)(F)F)cc3)CC2)[C@@H](c2ccccc2)CN1. The highest BCUT2D eigenvalue weighted by molar-refractivity contribution is 7.89. The van der Waals surface area contributed by atoms with Crippen LogP contribution in [-0.2, 0) is 25.8 Å². The highest BCUT2D eigenvalue weighted by atomic mass is 32.2. The number of alkyl halides is 3. The van der Waals surface area contributed by atoms with E-state index in [4.69, 9.17) is 0 Å². The lowest BCUT2D eigenvalue weighted by atomic mass is 9.85. The minimum absolute atomic E-state index is 0.0289. The van der Waals surface area contributed by atoms with Gasteiger partial charge in [0.25, 0.3) is 0 Å². The summed E-state index contributed by atoms with van der Waals surface area (Å²) in [5.41, 5.74) is 0.00881. The maximum atomic E-state index is 13.3. The average molecular weight is 510 g/mol. The van der Waals surface area contributed by atoms with Gasteiger partial charge in [-0.15, -0.1) is 0 Å². The first kappa shape index (κ1) is 25.2. The fourth-order valence-corrected chi connectivity index (χ4v) is 5.95. The maximum Gasteiger partial charge on any atom is 0.416 e. The second kappa shape index (κ2) is 9.98. The highest BCUT2D eigenvalue weighted by Crippen LogP contribution is 2.32. The van der Waals surface area contributed by atoms with E-state index in [0.29, 0.717) is 32.2 Å². The van der Waals surface area contributed by atoms with E-state index in [1.54, 1.807) is 4.90 Å². The molecule has 4 rings (SSSR count). The summed E-state index contributed by atoms with van der Waals surface area (Å²) < 4.78 is 66.1. The summed E-state index contributed by atoms with van der Waals surface area (Å²) in [5.74, 6) is -0.680. The van der Waals surface area contributed by atoms with Gasteiger partial charge in [-0.3, -0.25) is 9.59 Å². The number of halogens is 3. The molecule has 0 unspecified atom stereocenters. The molecule has 0 spiro atoms. The molecule has 1 heterocycles. The average Bonchev–Trinajstić information content (AvgIpc) is 2.84. The molecule has 2 amide bonds. The van der Waals surface area contributed by atoms with Crippen LogP contribution in [0, 0.1) is 5.92 Å². The fraction of sp³-hybridized carbons (Fsp3) is 0.417. The van der Waals surface area contributed by atoms with Gasteiger partial charge >= 0.3 is 6.18 Å². The van der Waals surface area contributed by atoms with Crippen molar-refractivity contribution < 1.29 is 31.2 Å². The van der Waals surface area contributed by atoms with E-state index < -0.39 is 27.8 Å². The number of benzene rings is 2. The Balaban J connectivity index is 1.38. The van der Waals surface area contributed by atoms with Crippen LogP contribution >= 0.6 is 0 Å². The molecule has 1 aliphatic heterocycles. The van der Waals surface area contributed by atoms with E-state index in [2.05, 4.69) is 10.0 Å². The number of nitrogens with one attached hydrogen (secondary N) is 2. The Morgan fingerprint density at radius 1 is 0.971 bits per heavy atom. The maximum absolute atomic E-state index is 13.3. The molecular formula is C24H26F3N3O4S. The second-order valence-electron chi connectivity index (χ2n) is 8.89. The first-order valence-electron chi connectivity index (χ1n) is 11.4. The van der Waals surface area contributed by atoms with E-state index in [-0.39, 0.29) is 35.2 Å². The molecule has 2 N–H and O–H groups in total. The summed E-state index contributed by atoms with van der Waals surface area (Å²) in [4.78, 5) is 26.7. The van der Waals surface area contributed by atoms with Crippen LogP contribution in [0.25, 0.3) is 0 Å². The zero-order valence-electron chi connectivity index (χ0n) is 18.8. The van der Waals surface area contributed by atoms with Gasteiger partial charge < -0.3 is 10.2 Å². The highest BCUT2D eigenvalue weighted by Gasteiger charge is 2.37. The van der Waals surface area contributed by atoms with E-state index in [9.17, 15) is 31.2 Å². The quantitative estimate of drug-likeness (QED) is 0.647. The Morgan fingerprint density at radius 2 is 1.60 bits per heavy atom. The van der Waals surface area contributed by atoms with Crippen LogP contribution in [0.15, 0.2) is 59.5 Å². The number of carbonyl (C=O) groups is 2. The monoisotopic (exact) mass is 509 g/mol. The number of amides is 2. The predicted molar refractivity (Wildman–Crippen MR) is 121 cm³/mol. The lowest BCUT2D eigenvalue weighted by Crippen LogP contribution is -2.54. The van der Waals surface area contributed by atoms with Crippen molar-refractivity contribution in [3.8, 4) is 0 Å². The molecule has 2 aliphatic rings. The molecule has 1 aliphatic carbocycles. The number of hydrogen-bond acceptors (Lipinski definition) is 4. The molecule has 1 saturated heterocycles. The van der Waals surface area contributed by atoms with Gasteiger partial charge in [0.1, 0.15) is 6.54 Å². The van der Waals surface area contributed by atoms with Crippen molar-refractivity contribution in [3.63, 3.8) is 0 Å². The van der Waals surface area contributed by atoms with Gasteiger partial charge in [0, 0.05) is 18.5 Å². The minimum Gasteiger partial charge on any atom is -0.352 e. The lowest BCUT2D eigenvalue weighted by Gasteiger charge is -2.39. The van der Waals surface area contributed by atoms with Crippen molar-refractivity contribution >= 4 is 21.8 Å². The second-order valence-corrected chi connectivity index (χ2v) is 10.6. The molecule has 1 saturated carbocycles. The molecule has 1 atom stereocenters. The Morgan fingerprint density at radius 3 is 2.20 bits per heavy atom. The van der Waals surface area contributed by atoms with Crippen LogP contribution in [0.2, 0.25) is 0 Å². The Bertz CT molecular complexity index is 1160. The number of rotatable bonds is 5. The van der Waals surface area contributed by atoms with Crippen LogP contribution in [0.3, 0.4) is 0 Å². The Labute approximate surface area is 201 Å². The van der Waals surface area contributed by atoms with Crippen LogP contribution < -0.4 is 10.0 Å². The Kier molecular flexibility index (Phi) is 7.18. The molecule has 2 aromatic rings. The van der Waals surface area contributed by atoms with Crippen molar-refractivity contribution in [1.29, 1.82) is 0 Å². The topological polar surface area (TPSA) is 95.6 Å². The summed E-state index contributed by atoms with van der Waals surface area (Å²) in [7, 11) is -4.00. The van der Waals surface area contributed by atoms with Gasteiger partial charge in [-0.25, -0.2) is 13.1 Å². The first-order chi connectivity index (χ1) is 16.5. The van der Waals surface area contributed by atoms with Crippen molar-refractivity contribution in [1.82, 2.24) is 14.9 Å². The third-order valence-corrected chi connectivity index (χ3v) is 8.08. The number of nitrogens with zero attached hydrogens (tertiary/aromatic N) is 1. The first-order valence-corrected chi connectivity index (χ1v) is 12.8. The zero-order chi connectivity index (χ0) is 25.2. The lowest BCUT2D eigenvalue weighted by molar-refractivity contribution is -0.145. The molecule has 2 fully saturated rings. The smallest absolute Gasteiger partial charge is 0.352 e. The van der Waals surface area contributed by atoms with E-state index in [1.807, 2.05) is 30.3 Å². The third kappa shape index (κ3) is 5.84. The number of hydrogen-bond donors (Lipinski definition) is 2. The summed E-state index contributed by atoms with van der Waals surface area (Å²) in [6.07, 6.45) is -2.84. The minimum atomic E-state index is -4.55. The van der Waals surface area contributed by atoms with Crippen molar-refractivity contribution in [2.45, 2.75) is 48.8 Å². The van der Waals surface area contributed by atoms with Crippen molar-refractivity contribution in [3.05, 3.63) is 65.7 Å². The largest absolute Gasteiger partial charge is 0.416 e. The van der Waals surface area contributed by atoms with Crippen molar-refractivity contribution in [2.75, 3.05) is 13.1 Å². The fourth-order valence-electron chi connectivity index (χ4n) is 4.65.